The molecule has 0 bridgehead atoms. The van der Waals surface area contributed by atoms with Crippen LogP contribution in [0.15, 0.2) is 60.2 Å². The number of aryl methyl sites for hydroxylation is 1. The summed E-state index contributed by atoms with van der Waals surface area (Å²) < 4.78 is 11.3. The third kappa shape index (κ3) is 6.43. The average Bonchev–Trinajstić information content (AvgIpc) is 2.80. The number of methoxy groups -OCH3 is 1. The van der Waals surface area contributed by atoms with Gasteiger partial charge in [0.25, 0.3) is 5.91 Å². The molecule has 0 spiro atoms. The number of halogens is 3. The molecular formula is C25H19Cl3N2O3. The zero-order valence-corrected chi connectivity index (χ0v) is 20.1. The summed E-state index contributed by atoms with van der Waals surface area (Å²) in [5, 5.41) is 13.6. The molecule has 0 radical (unpaired) electrons. The quantitative estimate of drug-likeness (QED) is 0.277. The fourth-order valence-electron chi connectivity index (χ4n) is 2.92. The topological polar surface area (TPSA) is 71.3 Å². The zero-order chi connectivity index (χ0) is 24.0. The van der Waals surface area contributed by atoms with Gasteiger partial charge in [-0.1, -0.05) is 53.0 Å². The fourth-order valence-corrected chi connectivity index (χ4v) is 3.41. The Morgan fingerprint density at radius 2 is 1.82 bits per heavy atom. The van der Waals surface area contributed by atoms with Crippen LogP contribution < -0.4 is 14.8 Å². The monoisotopic (exact) mass is 500 g/mol. The van der Waals surface area contributed by atoms with Gasteiger partial charge in [0.1, 0.15) is 18.2 Å². The molecule has 1 amide bonds. The predicted octanol–water partition coefficient (Wildman–Crippen LogP) is 7.09. The van der Waals surface area contributed by atoms with Crippen LogP contribution in [0.5, 0.6) is 11.5 Å². The molecule has 0 heterocycles. The van der Waals surface area contributed by atoms with Crippen LogP contribution in [-0.4, -0.2) is 13.0 Å². The van der Waals surface area contributed by atoms with E-state index in [0.29, 0.717) is 37.8 Å². The lowest BCUT2D eigenvalue weighted by Crippen LogP contribution is -2.14. The van der Waals surface area contributed by atoms with Gasteiger partial charge in [0.05, 0.1) is 17.2 Å². The van der Waals surface area contributed by atoms with E-state index in [0.717, 1.165) is 11.1 Å². The van der Waals surface area contributed by atoms with Crippen LogP contribution in [0.4, 0.5) is 5.69 Å². The van der Waals surface area contributed by atoms with Gasteiger partial charge in [0.15, 0.2) is 11.5 Å². The van der Waals surface area contributed by atoms with Gasteiger partial charge in [-0.2, -0.15) is 5.26 Å². The van der Waals surface area contributed by atoms with E-state index in [2.05, 4.69) is 5.32 Å². The first-order valence-corrected chi connectivity index (χ1v) is 10.9. The van der Waals surface area contributed by atoms with Gasteiger partial charge >= 0.3 is 0 Å². The van der Waals surface area contributed by atoms with Crippen molar-refractivity contribution in [2.45, 2.75) is 13.5 Å². The normalized spacial score (nSPS) is 11.0. The number of carbonyl (C=O) groups is 1. The van der Waals surface area contributed by atoms with E-state index in [-0.39, 0.29) is 12.2 Å². The highest BCUT2D eigenvalue weighted by atomic mass is 35.5. The molecule has 3 aromatic rings. The molecule has 168 valence electrons. The minimum atomic E-state index is -0.540. The second-order valence-electron chi connectivity index (χ2n) is 7.03. The van der Waals surface area contributed by atoms with Crippen molar-refractivity contribution >= 4 is 52.5 Å². The maximum absolute atomic E-state index is 12.6. The maximum Gasteiger partial charge on any atom is 0.266 e. The number of nitrogens with one attached hydrogen (secondary N) is 1. The second kappa shape index (κ2) is 11.1. The lowest BCUT2D eigenvalue weighted by atomic mass is 10.1. The molecule has 0 aromatic heterocycles. The fraction of sp³-hybridized carbons (Fsp3) is 0.120. The minimum Gasteiger partial charge on any atom is -0.493 e. The lowest BCUT2D eigenvalue weighted by Gasteiger charge is -2.12. The molecule has 3 aromatic carbocycles. The number of hydrogen-bond acceptors (Lipinski definition) is 4. The van der Waals surface area contributed by atoms with E-state index in [9.17, 15) is 10.1 Å². The van der Waals surface area contributed by atoms with E-state index in [1.807, 2.05) is 19.1 Å². The molecule has 0 aliphatic carbocycles. The van der Waals surface area contributed by atoms with Crippen LogP contribution in [0, 0.1) is 18.3 Å². The van der Waals surface area contributed by atoms with Crippen LogP contribution in [0.1, 0.15) is 16.7 Å². The van der Waals surface area contributed by atoms with Crippen LogP contribution in [0.3, 0.4) is 0 Å². The van der Waals surface area contributed by atoms with Crippen molar-refractivity contribution in [3.63, 3.8) is 0 Å². The molecular weight excluding hydrogens is 483 g/mol. The molecule has 5 nitrogen and oxygen atoms in total. The molecule has 0 aliphatic heterocycles. The SMILES string of the molecule is COc1cc(/C=C(\C#N)C(=O)Nc2cc(Cl)ccc2C)ccc1OCc1ccc(Cl)c(Cl)c1. The first-order chi connectivity index (χ1) is 15.8. The van der Waals surface area contributed by atoms with Gasteiger partial charge in [0, 0.05) is 10.7 Å². The molecule has 0 saturated heterocycles. The number of ether oxygens (including phenoxy) is 2. The number of carbonyl (C=O) groups excluding carboxylic acids is 1. The Labute approximate surface area is 207 Å². The largest absolute Gasteiger partial charge is 0.493 e. The number of nitrogens with zero attached hydrogens (tertiary/aromatic N) is 1. The summed E-state index contributed by atoms with van der Waals surface area (Å²) in [4.78, 5) is 12.6. The highest BCUT2D eigenvalue weighted by molar-refractivity contribution is 6.42. The molecule has 3 rings (SSSR count). The summed E-state index contributed by atoms with van der Waals surface area (Å²) in [6, 6.07) is 17.4. The smallest absolute Gasteiger partial charge is 0.266 e. The van der Waals surface area contributed by atoms with Crippen molar-refractivity contribution in [3.8, 4) is 17.6 Å². The number of amides is 1. The van der Waals surface area contributed by atoms with E-state index in [1.54, 1.807) is 48.5 Å². The third-order valence-electron chi connectivity index (χ3n) is 4.69. The van der Waals surface area contributed by atoms with Crippen molar-refractivity contribution in [1.82, 2.24) is 0 Å². The Balaban J connectivity index is 1.77. The van der Waals surface area contributed by atoms with Crippen molar-refractivity contribution in [1.29, 1.82) is 5.26 Å². The number of rotatable bonds is 7. The number of nitriles is 1. The summed E-state index contributed by atoms with van der Waals surface area (Å²) in [5.41, 5.74) is 2.74. The first-order valence-electron chi connectivity index (χ1n) is 9.74. The summed E-state index contributed by atoms with van der Waals surface area (Å²) in [5.74, 6) is 0.409. The van der Waals surface area contributed by atoms with E-state index >= 15 is 0 Å². The molecule has 8 heteroatoms. The van der Waals surface area contributed by atoms with Gasteiger partial charge in [-0.3, -0.25) is 4.79 Å². The van der Waals surface area contributed by atoms with E-state index < -0.39 is 5.91 Å². The number of benzene rings is 3. The standard InChI is InChI=1S/C25H19Cl3N2O3/c1-15-3-6-19(26)12-22(15)30-25(31)18(13-29)9-16-5-8-23(24(11-16)32-2)33-14-17-4-7-20(27)21(28)10-17/h3-12H,14H2,1-2H3,(H,30,31)/b18-9+. The van der Waals surface area contributed by atoms with Gasteiger partial charge in [-0.15, -0.1) is 0 Å². The highest BCUT2D eigenvalue weighted by Gasteiger charge is 2.13. The summed E-state index contributed by atoms with van der Waals surface area (Å²) in [6.07, 6.45) is 1.47. The first kappa shape index (κ1) is 24.5. The Bertz CT molecular complexity index is 1270. The van der Waals surface area contributed by atoms with Crippen molar-refractivity contribution in [3.05, 3.63) is 91.9 Å². The molecule has 0 saturated carbocycles. The molecule has 0 fully saturated rings. The van der Waals surface area contributed by atoms with E-state index in [4.69, 9.17) is 44.3 Å². The Morgan fingerprint density at radius 1 is 1.03 bits per heavy atom. The average molecular weight is 502 g/mol. The Morgan fingerprint density at radius 3 is 2.52 bits per heavy atom. The minimum absolute atomic E-state index is 0.0686. The van der Waals surface area contributed by atoms with Gasteiger partial charge in [-0.25, -0.2) is 0 Å². The zero-order valence-electron chi connectivity index (χ0n) is 17.8. The van der Waals surface area contributed by atoms with Crippen LogP contribution >= 0.6 is 34.8 Å². The molecule has 0 unspecified atom stereocenters. The van der Waals surface area contributed by atoms with Crippen LogP contribution in [-0.2, 0) is 11.4 Å². The maximum atomic E-state index is 12.6. The molecule has 0 atom stereocenters. The molecule has 1 N–H and O–H groups in total. The van der Waals surface area contributed by atoms with Crippen molar-refractivity contribution in [2.24, 2.45) is 0 Å². The predicted molar refractivity (Wildman–Crippen MR) is 132 cm³/mol. The van der Waals surface area contributed by atoms with Crippen LogP contribution in [0.25, 0.3) is 6.08 Å². The second-order valence-corrected chi connectivity index (χ2v) is 8.28. The molecule has 33 heavy (non-hydrogen) atoms. The van der Waals surface area contributed by atoms with Gasteiger partial charge in [-0.05, 0) is 66.1 Å². The van der Waals surface area contributed by atoms with Gasteiger partial charge < -0.3 is 14.8 Å². The summed E-state index contributed by atoms with van der Waals surface area (Å²) >= 11 is 18.0. The van der Waals surface area contributed by atoms with E-state index in [1.165, 1.54) is 13.2 Å². The van der Waals surface area contributed by atoms with Gasteiger partial charge in [0.2, 0.25) is 0 Å². The third-order valence-corrected chi connectivity index (χ3v) is 5.66. The number of hydrogen-bond donors (Lipinski definition) is 1. The lowest BCUT2D eigenvalue weighted by molar-refractivity contribution is -0.112. The highest BCUT2D eigenvalue weighted by Crippen LogP contribution is 2.31. The summed E-state index contributed by atoms with van der Waals surface area (Å²) in [7, 11) is 1.51. The molecule has 0 aliphatic rings. The number of anilines is 1. The Kier molecular flexibility index (Phi) is 8.24. The summed E-state index contributed by atoms with van der Waals surface area (Å²) in [6.45, 7) is 2.09. The van der Waals surface area contributed by atoms with Crippen LogP contribution in [0.2, 0.25) is 15.1 Å². The Hall–Kier alpha value is -3.17. The van der Waals surface area contributed by atoms with Crippen molar-refractivity contribution < 1.29 is 14.3 Å². The van der Waals surface area contributed by atoms with Crippen molar-refractivity contribution in [2.75, 3.05) is 12.4 Å².